The van der Waals surface area contributed by atoms with Gasteiger partial charge in [0.15, 0.2) is 0 Å². The van der Waals surface area contributed by atoms with Crippen LogP contribution in [0.25, 0.3) is 0 Å². The molecule has 0 amide bonds. The molecule has 0 fully saturated rings. The predicted molar refractivity (Wildman–Crippen MR) is 65.2 cm³/mol. The summed E-state index contributed by atoms with van der Waals surface area (Å²) in [7, 11) is -0.423. The third kappa shape index (κ3) is 13.2. The zero-order chi connectivity index (χ0) is 13.9. The Hall–Kier alpha value is -0.823. The van der Waals surface area contributed by atoms with Crippen LogP contribution in [-0.4, -0.2) is 41.1 Å². The Balaban J connectivity index is 3.12. The van der Waals surface area contributed by atoms with Crippen LogP contribution in [0.15, 0.2) is 12.7 Å². The van der Waals surface area contributed by atoms with Crippen molar-refractivity contribution in [2.24, 2.45) is 0 Å². The zero-order valence-corrected chi connectivity index (χ0v) is 11.7. The number of carbonyl (C=O) groups excluding carboxylic acids is 1. The molecule has 0 unspecified atom stereocenters. The fraction of sp³-hybridized carbons (Fsp3) is 0.727. The summed E-state index contributed by atoms with van der Waals surface area (Å²) in [6, 6.07) is 0.948. The van der Waals surface area contributed by atoms with Crippen LogP contribution in [0.2, 0.25) is 6.04 Å². The van der Waals surface area contributed by atoms with Gasteiger partial charge in [0.05, 0.1) is 16.1 Å². The van der Waals surface area contributed by atoms with E-state index in [4.69, 9.17) is 9.47 Å². The van der Waals surface area contributed by atoms with Gasteiger partial charge in [-0.05, 0) is 12.8 Å². The third-order valence-electron chi connectivity index (χ3n) is 2.09. The largest absolute Gasteiger partial charge is 0.463 e. The molecule has 0 aliphatic rings. The van der Waals surface area contributed by atoms with Crippen LogP contribution in [0.5, 0.6) is 0 Å². The maximum atomic E-state index is 11.8. The molecule has 7 heteroatoms. The molecular weight excluding hydrogens is 265 g/mol. The Bertz CT molecular complexity index is 244. The first kappa shape index (κ1) is 17.2. The van der Waals surface area contributed by atoms with E-state index in [1.165, 1.54) is 0 Å². The summed E-state index contributed by atoms with van der Waals surface area (Å²) in [5.74, 6) is -0.430. The van der Waals surface area contributed by atoms with Crippen molar-refractivity contribution in [3.05, 3.63) is 12.7 Å². The number of alkyl halides is 3. The zero-order valence-electron chi connectivity index (χ0n) is 10.3. The second kappa shape index (κ2) is 10.1. The third-order valence-corrected chi connectivity index (χ3v) is 3.67. The highest BCUT2D eigenvalue weighted by molar-refractivity contribution is 6.35. The monoisotopic (exact) mass is 284 g/mol. The van der Waals surface area contributed by atoms with Gasteiger partial charge in [-0.15, -0.1) is 0 Å². The van der Waals surface area contributed by atoms with E-state index in [0.29, 0.717) is 12.8 Å². The van der Waals surface area contributed by atoms with Crippen LogP contribution in [-0.2, 0) is 14.3 Å². The molecule has 0 aliphatic carbocycles. The highest BCUT2D eigenvalue weighted by atomic mass is 28.2. The van der Waals surface area contributed by atoms with Crippen molar-refractivity contribution in [3.8, 4) is 0 Å². The van der Waals surface area contributed by atoms with Gasteiger partial charge in [-0.2, -0.15) is 13.2 Å². The van der Waals surface area contributed by atoms with Gasteiger partial charge < -0.3 is 9.47 Å². The van der Waals surface area contributed by atoms with Crippen molar-refractivity contribution in [2.45, 2.75) is 31.5 Å². The number of hydrogen-bond donors (Lipinski definition) is 0. The lowest BCUT2D eigenvalue weighted by molar-refractivity contribution is -0.138. The first-order valence-electron chi connectivity index (χ1n) is 5.89. The lowest BCUT2D eigenvalue weighted by Crippen LogP contribution is -2.11. The van der Waals surface area contributed by atoms with E-state index in [-0.39, 0.29) is 13.0 Å². The number of esters is 1. The van der Waals surface area contributed by atoms with E-state index in [1.807, 2.05) is 0 Å². The molecule has 0 atom stereocenters. The lowest BCUT2D eigenvalue weighted by Gasteiger charge is -2.06. The molecule has 0 aliphatic heterocycles. The lowest BCUT2D eigenvalue weighted by atomic mass is 10.3. The molecule has 0 saturated heterocycles. The van der Waals surface area contributed by atoms with Gasteiger partial charge in [-0.1, -0.05) is 12.6 Å². The normalized spacial score (nSPS) is 11.9. The maximum absolute atomic E-state index is 11.8. The molecule has 0 heterocycles. The molecule has 0 bridgehead atoms. The van der Waals surface area contributed by atoms with Gasteiger partial charge in [0.2, 0.25) is 0 Å². The molecule has 0 N–H and O–H groups in total. The minimum absolute atomic E-state index is 0.0227. The fourth-order valence-corrected chi connectivity index (χ4v) is 2.36. The molecule has 3 nitrogen and oxygen atoms in total. The van der Waals surface area contributed by atoms with Crippen LogP contribution in [0.3, 0.4) is 0 Å². The van der Waals surface area contributed by atoms with Crippen LogP contribution in [0, 0.1) is 0 Å². The Morgan fingerprint density at radius 3 is 2.61 bits per heavy atom. The summed E-state index contributed by atoms with van der Waals surface area (Å²) in [5.41, 5.74) is 0. The van der Waals surface area contributed by atoms with E-state index in [1.54, 1.807) is 0 Å². The Morgan fingerprint density at radius 1 is 1.28 bits per heavy atom. The van der Waals surface area contributed by atoms with Crippen LogP contribution in [0.1, 0.15) is 19.3 Å². The minimum Gasteiger partial charge on any atom is -0.463 e. The first-order valence-corrected chi connectivity index (χ1v) is 7.89. The van der Waals surface area contributed by atoms with E-state index in [2.05, 4.69) is 6.58 Å². The number of hydrogen-bond acceptors (Lipinski definition) is 3. The summed E-state index contributed by atoms with van der Waals surface area (Å²) >= 11 is 0. The van der Waals surface area contributed by atoms with Gasteiger partial charge in [0.25, 0.3) is 0 Å². The topological polar surface area (TPSA) is 35.5 Å². The van der Waals surface area contributed by atoms with Gasteiger partial charge >= 0.3 is 12.1 Å². The smallest absolute Gasteiger partial charge is 0.389 e. The highest BCUT2D eigenvalue weighted by Crippen LogP contribution is 2.20. The van der Waals surface area contributed by atoms with E-state index in [9.17, 15) is 18.0 Å². The summed E-state index contributed by atoms with van der Waals surface area (Å²) in [6.07, 6.45) is -2.39. The van der Waals surface area contributed by atoms with Crippen molar-refractivity contribution in [1.82, 2.24) is 0 Å². The minimum atomic E-state index is -4.09. The van der Waals surface area contributed by atoms with Crippen molar-refractivity contribution < 1.29 is 27.4 Å². The first-order chi connectivity index (χ1) is 8.45. The van der Waals surface area contributed by atoms with Crippen LogP contribution in [0.4, 0.5) is 13.2 Å². The highest BCUT2D eigenvalue weighted by Gasteiger charge is 2.25. The van der Waals surface area contributed by atoms with Gasteiger partial charge in [-0.3, -0.25) is 0 Å². The molecule has 0 aromatic rings. The van der Waals surface area contributed by atoms with Crippen LogP contribution >= 0.6 is 0 Å². The molecule has 0 rings (SSSR count). The van der Waals surface area contributed by atoms with Crippen molar-refractivity contribution in [3.63, 3.8) is 0 Å². The van der Waals surface area contributed by atoms with Gasteiger partial charge in [-0.25, -0.2) is 4.79 Å². The van der Waals surface area contributed by atoms with E-state index in [0.717, 1.165) is 18.5 Å². The van der Waals surface area contributed by atoms with Crippen molar-refractivity contribution >= 4 is 15.5 Å². The summed E-state index contributed by atoms with van der Waals surface area (Å²) in [5, 5.41) is 0. The standard InChI is InChI=1S/C11H19F3O3Si/c1-2-10(15)17-7-4-8-18-9-16-6-3-5-11(12,13)14/h2H,1,3-9,18H2. The summed E-state index contributed by atoms with van der Waals surface area (Å²) in [6.45, 7) is 3.80. The van der Waals surface area contributed by atoms with Gasteiger partial charge in [0.1, 0.15) is 0 Å². The van der Waals surface area contributed by atoms with Crippen molar-refractivity contribution in [2.75, 3.05) is 19.4 Å². The Kier molecular flexibility index (Phi) is 9.67. The number of carbonyl (C=O) groups is 1. The SMILES string of the molecule is C=CC(=O)OCCC[SiH2]COCCCC(F)(F)F. The van der Waals surface area contributed by atoms with E-state index >= 15 is 0 Å². The summed E-state index contributed by atoms with van der Waals surface area (Å²) in [4.78, 5) is 10.7. The predicted octanol–water partition coefficient (Wildman–Crippen LogP) is 2.01. The Morgan fingerprint density at radius 2 is 2.00 bits per heavy atom. The molecule has 0 aromatic heterocycles. The maximum Gasteiger partial charge on any atom is 0.389 e. The molecule has 106 valence electrons. The fourth-order valence-electron chi connectivity index (χ4n) is 1.19. The average molecular weight is 284 g/mol. The van der Waals surface area contributed by atoms with Gasteiger partial charge in [0, 0.05) is 25.3 Å². The number of halogens is 3. The van der Waals surface area contributed by atoms with Crippen LogP contribution < -0.4 is 0 Å². The van der Waals surface area contributed by atoms with E-state index < -0.39 is 28.1 Å². The number of rotatable bonds is 10. The average Bonchev–Trinajstić information content (AvgIpc) is 2.29. The van der Waals surface area contributed by atoms with Crippen molar-refractivity contribution in [1.29, 1.82) is 0 Å². The molecule has 0 aromatic carbocycles. The number of ether oxygens (including phenoxy) is 2. The molecule has 18 heavy (non-hydrogen) atoms. The molecule has 0 radical (unpaired) electrons. The summed E-state index contributed by atoms with van der Waals surface area (Å²) < 4.78 is 45.2. The Labute approximate surface area is 107 Å². The molecule has 0 saturated carbocycles. The quantitative estimate of drug-likeness (QED) is 0.266. The second-order valence-electron chi connectivity index (χ2n) is 3.76. The molecular formula is C11H19F3O3Si. The second-order valence-corrected chi connectivity index (χ2v) is 5.59. The molecule has 0 spiro atoms.